The molecule has 0 aromatic heterocycles. The van der Waals surface area contributed by atoms with Crippen LogP contribution >= 0.6 is 0 Å². The number of nitrogens with one attached hydrogen (secondary N) is 3. The van der Waals surface area contributed by atoms with Crippen molar-refractivity contribution in [1.29, 1.82) is 0 Å². The highest BCUT2D eigenvalue weighted by Crippen LogP contribution is 2.45. The Kier molecular flexibility index (Phi) is 4.67. The van der Waals surface area contributed by atoms with Crippen LogP contribution in [0.3, 0.4) is 0 Å². The van der Waals surface area contributed by atoms with Gasteiger partial charge in [0.15, 0.2) is 0 Å². The van der Waals surface area contributed by atoms with E-state index < -0.39 is 6.04 Å². The van der Waals surface area contributed by atoms with E-state index in [9.17, 15) is 14.4 Å². The fourth-order valence-corrected chi connectivity index (χ4v) is 5.48. The van der Waals surface area contributed by atoms with E-state index in [0.29, 0.717) is 30.0 Å². The molecule has 1 saturated carbocycles. The van der Waals surface area contributed by atoms with E-state index in [-0.39, 0.29) is 24.1 Å². The number of carbonyl (C=O) groups is 3. The SMILES string of the molecule is O=C1CCC(N2Cc3ccc(CNC4CC5(CCCNC5)C4)cc3C2=O)C(=O)N1. The summed E-state index contributed by atoms with van der Waals surface area (Å²) in [7, 11) is 0. The standard InChI is InChI=1S/C22H28N4O3/c27-19-5-4-18(20(28)25-19)26-12-15-3-2-14(8-17(15)21(26)29)11-24-16-9-22(10-16)6-1-7-23-13-22/h2-3,8,16,18,23-24H,1,4-7,9-13H2,(H,25,27,28). The van der Waals surface area contributed by atoms with Gasteiger partial charge < -0.3 is 15.5 Å². The van der Waals surface area contributed by atoms with Crippen molar-refractivity contribution in [1.82, 2.24) is 20.9 Å². The molecule has 2 saturated heterocycles. The summed E-state index contributed by atoms with van der Waals surface area (Å²) in [4.78, 5) is 38.1. The van der Waals surface area contributed by atoms with Gasteiger partial charge in [-0.05, 0) is 61.3 Å². The lowest BCUT2D eigenvalue weighted by molar-refractivity contribution is -0.136. The summed E-state index contributed by atoms with van der Waals surface area (Å²) in [5, 5.41) is 9.52. The minimum atomic E-state index is -0.551. The molecule has 1 aliphatic carbocycles. The third-order valence-corrected chi connectivity index (χ3v) is 7.11. The van der Waals surface area contributed by atoms with Crippen LogP contribution in [-0.2, 0) is 22.7 Å². The van der Waals surface area contributed by atoms with Crippen LogP contribution < -0.4 is 16.0 Å². The third kappa shape index (κ3) is 3.46. The average Bonchev–Trinajstić information content (AvgIpc) is 3.01. The molecule has 1 atom stereocenters. The van der Waals surface area contributed by atoms with Crippen molar-refractivity contribution < 1.29 is 14.4 Å². The first-order valence-corrected chi connectivity index (χ1v) is 10.7. The van der Waals surface area contributed by atoms with E-state index in [1.54, 1.807) is 4.90 Å². The van der Waals surface area contributed by atoms with E-state index in [2.05, 4.69) is 22.0 Å². The van der Waals surface area contributed by atoms with Crippen LogP contribution in [0.2, 0.25) is 0 Å². The molecule has 154 valence electrons. The maximum absolute atomic E-state index is 12.9. The molecule has 1 aromatic rings. The second kappa shape index (κ2) is 7.22. The minimum absolute atomic E-state index is 0.104. The zero-order chi connectivity index (χ0) is 20.0. The molecular weight excluding hydrogens is 368 g/mol. The molecule has 3 N–H and O–H groups in total. The van der Waals surface area contributed by atoms with E-state index in [4.69, 9.17) is 0 Å². The van der Waals surface area contributed by atoms with Gasteiger partial charge in [0.25, 0.3) is 5.91 Å². The highest BCUT2D eigenvalue weighted by Gasteiger charge is 2.44. The molecular formula is C22H28N4O3. The number of carbonyl (C=O) groups excluding carboxylic acids is 3. The van der Waals surface area contributed by atoms with Gasteiger partial charge >= 0.3 is 0 Å². The summed E-state index contributed by atoms with van der Waals surface area (Å²) in [5.74, 6) is -0.724. The number of amides is 3. The molecule has 7 nitrogen and oxygen atoms in total. The van der Waals surface area contributed by atoms with Crippen molar-refractivity contribution in [2.24, 2.45) is 5.41 Å². The number of rotatable bonds is 4. The molecule has 1 aromatic carbocycles. The first kappa shape index (κ1) is 18.8. The van der Waals surface area contributed by atoms with Crippen LogP contribution in [-0.4, -0.2) is 47.8 Å². The monoisotopic (exact) mass is 396 g/mol. The van der Waals surface area contributed by atoms with E-state index in [1.807, 2.05) is 12.1 Å². The van der Waals surface area contributed by atoms with Crippen LogP contribution in [0.4, 0.5) is 0 Å². The van der Waals surface area contributed by atoms with Crippen LogP contribution in [0.5, 0.6) is 0 Å². The number of benzene rings is 1. The predicted molar refractivity (Wildman–Crippen MR) is 107 cm³/mol. The van der Waals surface area contributed by atoms with E-state index >= 15 is 0 Å². The largest absolute Gasteiger partial charge is 0.322 e. The summed E-state index contributed by atoms with van der Waals surface area (Å²) in [5.41, 5.74) is 3.26. The molecule has 1 unspecified atom stereocenters. The Bertz CT molecular complexity index is 854. The summed E-state index contributed by atoms with van der Waals surface area (Å²) in [6.07, 6.45) is 5.76. The predicted octanol–water partition coefficient (Wildman–Crippen LogP) is 1.07. The normalized spacial score (nSPS) is 31.6. The lowest BCUT2D eigenvalue weighted by atomic mass is 9.62. The second-order valence-electron chi connectivity index (χ2n) is 9.16. The topological polar surface area (TPSA) is 90.5 Å². The Morgan fingerprint density at radius 3 is 2.83 bits per heavy atom. The molecule has 5 rings (SSSR count). The summed E-state index contributed by atoms with van der Waals surface area (Å²) < 4.78 is 0. The number of imide groups is 1. The summed E-state index contributed by atoms with van der Waals surface area (Å²) in [6, 6.07) is 6.04. The number of fused-ring (bicyclic) bond motifs is 1. The van der Waals surface area contributed by atoms with Gasteiger partial charge in [-0.2, -0.15) is 0 Å². The average molecular weight is 396 g/mol. The highest BCUT2D eigenvalue weighted by molar-refractivity contribution is 6.05. The summed E-state index contributed by atoms with van der Waals surface area (Å²) >= 11 is 0. The fraction of sp³-hybridized carbons (Fsp3) is 0.591. The van der Waals surface area contributed by atoms with Crippen LogP contribution in [0.25, 0.3) is 0 Å². The highest BCUT2D eigenvalue weighted by atomic mass is 16.2. The maximum Gasteiger partial charge on any atom is 0.255 e. The van der Waals surface area contributed by atoms with Crippen LogP contribution in [0.1, 0.15) is 60.0 Å². The molecule has 3 heterocycles. The van der Waals surface area contributed by atoms with Crippen molar-refractivity contribution in [3.05, 3.63) is 34.9 Å². The molecule has 0 bridgehead atoms. The van der Waals surface area contributed by atoms with Crippen molar-refractivity contribution in [2.45, 2.75) is 63.7 Å². The fourth-order valence-electron chi connectivity index (χ4n) is 5.48. The van der Waals surface area contributed by atoms with Gasteiger partial charge in [0.1, 0.15) is 6.04 Å². The van der Waals surface area contributed by atoms with Gasteiger partial charge in [0.05, 0.1) is 0 Å². The van der Waals surface area contributed by atoms with Gasteiger partial charge in [-0.3, -0.25) is 19.7 Å². The van der Waals surface area contributed by atoms with E-state index in [0.717, 1.165) is 30.8 Å². The molecule has 1 spiro atoms. The molecule has 3 amide bonds. The Hall–Kier alpha value is -2.25. The van der Waals surface area contributed by atoms with Crippen molar-refractivity contribution in [2.75, 3.05) is 13.1 Å². The molecule has 0 radical (unpaired) electrons. The second-order valence-corrected chi connectivity index (χ2v) is 9.16. The number of nitrogens with zero attached hydrogens (tertiary/aromatic N) is 1. The first-order valence-electron chi connectivity index (χ1n) is 10.7. The lowest BCUT2D eigenvalue weighted by Gasteiger charge is -2.50. The Balaban J connectivity index is 1.19. The molecule has 4 aliphatic rings. The summed E-state index contributed by atoms with van der Waals surface area (Å²) in [6.45, 7) is 3.49. The lowest BCUT2D eigenvalue weighted by Crippen LogP contribution is -2.55. The Labute approximate surface area is 170 Å². The number of piperidine rings is 2. The van der Waals surface area contributed by atoms with Gasteiger partial charge in [0.2, 0.25) is 11.8 Å². The zero-order valence-corrected chi connectivity index (χ0v) is 16.6. The van der Waals surface area contributed by atoms with Gasteiger partial charge in [-0.25, -0.2) is 0 Å². The zero-order valence-electron chi connectivity index (χ0n) is 16.6. The third-order valence-electron chi connectivity index (χ3n) is 7.11. The van der Waals surface area contributed by atoms with Crippen molar-refractivity contribution >= 4 is 17.7 Å². The van der Waals surface area contributed by atoms with Gasteiger partial charge in [-0.1, -0.05) is 12.1 Å². The van der Waals surface area contributed by atoms with Crippen molar-refractivity contribution in [3.8, 4) is 0 Å². The number of hydrogen-bond acceptors (Lipinski definition) is 5. The minimum Gasteiger partial charge on any atom is -0.322 e. The molecule has 3 fully saturated rings. The Morgan fingerprint density at radius 2 is 2.07 bits per heavy atom. The maximum atomic E-state index is 12.9. The number of hydrogen-bond donors (Lipinski definition) is 3. The quantitative estimate of drug-likeness (QED) is 0.663. The van der Waals surface area contributed by atoms with Crippen LogP contribution in [0.15, 0.2) is 18.2 Å². The molecule has 7 heteroatoms. The smallest absolute Gasteiger partial charge is 0.255 e. The van der Waals surface area contributed by atoms with Crippen LogP contribution in [0, 0.1) is 5.41 Å². The van der Waals surface area contributed by atoms with E-state index in [1.165, 1.54) is 25.7 Å². The molecule has 3 aliphatic heterocycles. The van der Waals surface area contributed by atoms with Gasteiger partial charge in [0, 0.05) is 37.7 Å². The van der Waals surface area contributed by atoms with Crippen molar-refractivity contribution in [3.63, 3.8) is 0 Å². The van der Waals surface area contributed by atoms with Gasteiger partial charge in [-0.15, -0.1) is 0 Å². The first-order chi connectivity index (χ1) is 14.0. The Morgan fingerprint density at radius 1 is 1.21 bits per heavy atom. The molecule has 29 heavy (non-hydrogen) atoms.